The second-order valence-electron chi connectivity index (χ2n) is 10.9. The number of pyridine rings is 1. The molecule has 0 saturated heterocycles. The van der Waals surface area contributed by atoms with Gasteiger partial charge in [0, 0.05) is 12.4 Å². The Balaban J connectivity index is 1.35. The molecule has 4 aliphatic carbocycles. The first-order chi connectivity index (χ1) is 15.1. The summed E-state index contributed by atoms with van der Waals surface area (Å²) in [5.41, 5.74) is 7.98. The zero-order valence-electron chi connectivity index (χ0n) is 19.0. The summed E-state index contributed by atoms with van der Waals surface area (Å²) in [5, 5.41) is 10.3. The van der Waals surface area contributed by atoms with Crippen LogP contribution in [0.2, 0.25) is 0 Å². The van der Waals surface area contributed by atoms with Gasteiger partial charge in [0.15, 0.2) is 11.5 Å². The minimum Gasteiger partial charge on any atom is -0.504 e. The molecular formula is C28H35NO2. The van der Waals surface area contributed by atoms with E-state index >= 15 is 0 Å². The number of rotatable bonds is 2. The number of aromatic hydroxyl groups is 1. The highest BCUT2D eigenvalue weighted by Crippen LogP contribution is 2.66. The van der Waals surface area contributed by atoms with Gasteiger partial charge in [0.2, 0.25) is 0 Å². The van der Waals surface area contributed by atoms with Gasteiger partial charge in [0.05, 0.1) is 7.11 Å². The maximum atomic E-state index is 10.3. The smallest absolute Gasteiger partial charge is 0.160 e. The molecule has 1 aromatic heterocycles. The molecule has 0 bridgehead atoms. The van der Waals surface area contributed by atoms with Gasteiger partial charge in [-0.3, -0.25) is 4.98 Å². The van der Waals surface area contributed by atoms with Crippen LogP contribution in [0.15, 0.2) is 24.5 Å². The highest BCUT2D eigenvalue weighted by atomic mass is 16.5. The van der Waals surface area contributed by atoms with Crippen LogP contribution in [-0.2, 0) is 19.3 Å². The van der Waals surface area contributed by atoms with Gasteiger partial charge in [-0.15, -0.1) is 0 Å². The standard InChI is InChI=1S/C28H35NO2/c1-28-12-11-20-21(8-7-17-13-26(30)27(31-2)14-22(17)20)24(28)9-10-25(28)23-16-29-15-18-5-3-4-6-19(18)23/h13-16,20-21,24-25,30H,3-12H2,1-2H3/t20-,21+,24-,25+,28-/m0/s1. The lowest BCUT2D eigenvalue weighted by molar-refractivity contribution is 0.0478. The molecule has 164 valence electrons. The molecule has 2 aromatic rings. The third kappa shape index (κ3) is 2.88. The van der Waals surface area contributed by atoms with Crippen molar-refractivity contribution in [3.05, 3.63) is 52.3 Å². The molecule has 4 aliphatic rings. The Morgan fingerprint density at radius 3 is 2.71 bits per heavy atom. The normalized spacial score (nSPS) is 33.7. The monoisotopic (exact) mass is 417 g/mol. The van der Waals surface area contributed by atoms with Gasteiger partial charge < -0.3 is 9.84 Å². The van der Waals surface area contributed by atoms with Crippen LogP contribution in [0.1, 0.15) is 91.5 Å². The Bertz CT molecular complexity index is 1010. The van der Waals surface area contributed by atoms with Crippen LogP contribution in [0.4, 0.5) is 0 Å². The van der Waals surface area contributed by atoms with Gasteiger partial charge in [0.1, 0.15) is 0 Å². The summed E-state index contributed by atoms with van der Waals surface area (Å²) in [6.07, 6.45) is 17.1. The number of nitrogens with zero attached hydrogens (tertiary/aromatic N) is 1. The number of ether oxygens (including phenoxy) is 1. The summed E-state index contributed by atoms with van der Waals surface area (Å²) in [4.78, 5) is 4.71. The van der Waals surface area contributed by atoms with Crippen LogP contribution in [-0.4, -0.2) is 17.2 Å². The van der Waals surface area contributed by atoms with Gasteiger partial charge in [-0.25, -0.2) is 0 Å². The van der Waals surface area contributed by atoms with E-state index in [1.165, 1.54) is 74.5 Å². The fourth-order valence-electron chi connectivity index (χ4n) is 8.25. The summed E-state index contributed by atoms with van der Waals surface area (Å²) in [6.45, 7) is 2.61. The molecule has 2 saturated carbocycles. The van der Waals surface area contributed by atoms with Crippen molar-refractivity contribution in [3.63, 3.8) is 0 Å². The van der Waals surface area contributed by atoms with E-state index in [2.05, 4.69) is 25.4 Å². The third-order valence-electron chi connectivity index (χ3n) is 9.70. The molecule has 1 N–H and O–H groups in total. The number of methoxy groups -OCH3 is 1. The lowest BCUT2D eigenvalue weighted by Crippen LogP contribution is -2.42. The molecule has 31 heavy (non-hydrogen) atoms. The Morgan fingerprint density at radius 1 is 0.968 bits per heavy atom. The molecule has 3 heteroatoms. The molecule has 1 heterocycles. The maximum Gasteiger partial charge on any atom is 0.160 e. The molecule has 3 nitrogen and oxygen atoms in total. The molecule has 0 unspecified atom stereocenters. The van der Waals surface area contributed by atoms with E-state index in [1.54, 1.807) is 18.2 Å². The van der Waals surface area contributed by atoms with E-state index in [0.717, 1.165) is 18.3 Å². The molecule has 0 radical (unpaired) electrons. The van der Waals surface area contributed by atoms with Crippen LogP contribution in [0.3, 0.4) is 0 Å². The molecule has 1 aromatic carbocycles. The average Bonchev–Trinajstić information content (AvgIpc) is 3.15. The van der Waals surface area contributed by atoms with Crippen molar-refractivity contribution < 1.29 is 9.84 Å². The summed E-state index contributed by atoms with van der Waals surface area (Å²) in [6, 6.07) is 4.12. The molecule has 0 aliphatic heterocycles. The van der Waals surface area contributed by atoms with E-state index in [9.17, 15) is 5.11 Å². The highest BCUT2D eigenvalue weighted by molar-refractivity contribution is 5.49. The van der Waals surface area contributed by atoms with Gasteiger partial charge in [0.25, 0.3) is 0 Å². The topological polar surface area (TPSA) is 42.4 Å². The lowest BCUT2D eigenvalue weighted by Gasteiger charge is -2.51. The van der Waals surface area contributed by atoms with Gasteiger partial charge in [-0.1, -0.05) is 6.92 Å². The largest absolute Gasteiger partial charge is 0.504 e. The van der Waals surface area contributed by atoms with E-state index in [1.807, 2.05) is 6.07 Å². The SMILES string of the molecule is COc1cc2c(cc1O)CC[C@@H]1[C@@H]2CC[C@]2(C)[C@@H](c3cncc4c3CCCC4)CC[C@@H]12. The predicted octanol–water partition coefficient (Wildman–Crippen LogP) is 6.31. The molecule has 6 rings (SSSR count). The zero-order chi connectivity index (χ0) is 21.2. The van der Waals surface area contributed by atoms with E-state index in [4.69, 9.17) is 9.72 Å². The van der Waals surface area contributed by atoms with Gasteiger partial charge in [-0.05, 0) is 133 Å². The third-order valence-corrected chi connectivity index (χ3v) is 9.70. The van der Waals surface area contributed by atoms with Gasteiger partial charge >= 0.3 is 0 Å². The maximum absolute atomic E-state index is 10.3. The zero-order valence-corrected chi connectivity index (χ0v) is 19.0. The van der Waals surface area contributed by atoms with Crippen molar-refractivity contribution >= 4 is 0 Å². The summed E-state index contributed by atoms with van der Waals surface area (Å²) in [5.74, 6) is 3.79. The van der Waals surface area contributed by atoms with Crippen LogP contribution >= 0.6 is 0 Å². The highest BCUT2D eigenvalue weighted by Gasteiger charge is 2.55. The second kappa shape index (κ2) is 7.25. The number of phenols is 1. The van der Waals surface area contributed by atoms with E-state index < -0.39 is 0 Å². The number of phenolic OH excluding ortho intramolecular Hbond substituents is 1. The van der Waals surface area contributed by atoms with Crippen LogP contribution < -0.4 is 4.74 Å². The Morgan fingerprint density at radius 2 is 1.84 bits per heavy atom. The summed E-state index contributed by atoms with van der Waals surface area (Å²) < 4.78 is 5.47. The number of fused-ring (bicyclic) bond motifs is 6. The van der Waals surface area contributed by atoms with Crippen LogP contribution in [0, 0.1) is 17.3 Å². The van der Waals surface area contributed by atoms with E-state index in [0.29, 0.717) is 28.7 Å². The van der Waals surface area contributed by atoms with Crippen molar-refractivity contribution in [2.45, 2.75) is 83.0 Å². The first kappa shape index (κ1) is 19.6. The fraction of sp³-hybridized carbons (Fsp3) is 0.607. The Kier molecular flexibility index (Phi) is 4.59. The Hall–Kier alpha value is -2.03. The summed E-state index contributed by atoms with van der Waals surface area (Å²) in [7, 11) is 1.66. The van der Waals surface area contributed by atoms with Crippen LogP contribution in [0.25, 0.3) is 0 Å². The van der Waals surface area contributed by atoms with Crippen LogP contribution in [0.5, 0.6) is 11.5 Å². The number of benzene rings is 1. The van der Waals surface area contributed by atoms with Crippen molar-refractivity contribution in [3.8, 4) is 11.5 Å². The minimum atomic E-state index is 0.294. The van der Waals surface area contributed by atoms with Crippen molar-refractivity contribution in [1.82, 2.24) is 4.98 Å². The van der Waals surface area contributed by atoms with Crippen molar-refractivity contribution in [2.75, 3.05) is 7.11 Å². The molecular weight excluding hydrogens is 382 g/mol. The predicted molar refractivity (Wildman–Crippen MR) is 123 cm³/mol. The minimum absolute atomic E-state index is 0.294. The van der Waals surface area contributed by atoms with Gasteiger partial charge in [-0.2, -0.15) is 0 Å². The first-order valence-electron chi connectivity index (χ1n) is 12.5. The first-order valence-corrected chi connectivity index (χ1v) is 12.5. The lowest BCUT2D eigenvalue weighted by atomic mass is 9.53. The Labute approximate surface area is 186 Å². The average molecular weight is 418 g/mol. The van der Waals surface area contributed by atoms with Crippen molar-refractivity contribution in [1.29, 1.82) is 0 Å². The number of aromatic nitrogens is 1. The molecule has 0 amide bonds. The number of aryl methyl sites for hydroxylation is 2. The summed E-state index contributed by atoms with van der Waals surface area (Å²) >= 11 is 0. The molecule has 0 spiro atoms. The number of hydrogen-bond donors (Lipinski definition) is 1. The molecule has 5 atom stereocenters. The van der Waals surface area contributed by atoms with E-state index in [-0.39, 0.29) is 0 Å². The second-order valence-corrected chi connectivity index (χ2v) is 10.9. The number of hydrogen-bond acceptors (Lipinski definition) is 3. The van der Waals surface area contributed by atoms with Crippen molar-refractivity contribution in [2.24, 2.45) is 17.3 Å². The fourth-order valence-corrected chi connectivity index (χ4v) is 8.25. The quantitative estimate of drug-likeness (QED) is 0.622. The molecule has 2 fully saturated rings.